The third-order valence-corrected chi connectivity index (χ3v) is 2.77. The van der Waals surface area contributed by atoms with Crippen LogP contribution in [0.5, 0.6) is 0 Å². The Morgan fingerprint density at radius 2 is 2.26 bits per heavy atom. The van der Waals surface area contributed by atoms with Crippen molar-refractivity contribution >= 4 is 22.3 Å². The van der Waals surface area contributed by atoms with E-state index in [1.165, 1.54) is 12.4 Å². The van der Waals surface area contributed by atoms with Crippen LogP contribution in [-0.4, -0.2) is 20.2 Å². The molecule has 7 heteroatoms. The normalized spacial score (nSPS) is 10.8. The Bertz CT molecular complexity index is 710. The van der Waals surface area contributed by atoms with Crippen molar-refractivity contribution in [1.82, 2.24) is 20.2 Å². The monoisotopic (exact) mass is 258 g/mol. The van der Waals surface area contributed by atoms with Crippen molar-refractivity contribution in [1.29, 1.82) is 0 Å². The summed E-state index contributed by atoms with van der Waals surface area (Å²) in [5, 5.41) is 10.1. The molecule has 1 aromatic carbocycles. The van der Waals surface area contributed by atoms with Gasteiger partial charge in [-0.15, -0.1) is 0 Å². The van der Waals surface area contributed by atoms with Crippen molar-refractivity contribution in [2.45, 2.75) is 6.54 Å². The lowest BCUT2D eigenvalue weighted by Gasteiger charge is -2.10. The van der Waals surface area contributed by atoms with Crippen LogP contribution in [0.25, 0.3) is 10.9 Å². The van der Waals surface area contributed by atoms with Crippen LogP contribution in [0.3, 0.4) is 0 Å². The van der Waals surface area contributed by atoms with Crippen LogP contribution in [0.1, 0.15) is 5.82 Å². The summed E-state index contributed by atoms with van der Waals surface area (Å²) in [6.45, 7) is 0.326. The molecule has 4 N–H and O–H groups in total. The first-order chi connectivity index (χ1) is 9.25. The summed E-state index contributed by atoms with van der Waals surface area (Å²) in [5.41, 5.74) is 6.95. The highest BCUT2D eigenvalue weighted by molar-refractivity contribution is 5.98. The molecular formula is C12H11FN6. The molecule has 0 atom stereocenters. The largest absolute Gasteiger partial charge is 0.398 e. The van der Waals surface area contributed by atoms with Crippen molar-refractivity contribution in [2.75, 3.05) is 11.1 Å². The number of nitrogens with one attached hydrogen (secondary N) is 2. The van der Waals surface area contributed by atoms with E-state index in [0.29, 0.717) is 34.6 Å². The standard InChI is InChI=1S/C12H11FN6/c13-8-4-9(14)7-2-1-3-15-11(7)12(8)16-5-10-17-6-18-19-10/h1-4,6,16H,5,14H2,(H,17,18,19). The van der Waals surface area contributed by atoms with Gasteiger partial charge in [-0.25, -0.2) is 9.37 Å². The fourth-order valence-corrected chi connectivity index (χ4v) is 1.89. The molecule has 3 aromatic rings. The molecule has 2 aromatic heterocycles. The van der Waals surface area contributed by atoms with E-state index in [4.69, 9.17) is 5.73 Å². The summed E-state index contributed by atoms with van der Waals surface area (Å²) in [5.74, 6) is 0.170. The highest BCUT2D eigenvalue weighted by Crippen LogP contribution is 2.29. The smallest absolute Gasteiger partial charge is 0.150 e. The first kappa shape index (κ1) is 11.4. The van der Waals surface area contributed by atoms with Crippen LogP contribution in [0.15, 0.2) is 30.7 Å². The molecule has 0 radical (unpaired) electrons. The van der Waals surface area contributed by atoms with Crippen molar-refractivity contribution in [2.24, 2.45) is 0 Å². The zero-order chi connectivity index (χ0) is 13.2. The number of halogens is 1. The summed E-state index contributed by atoms with van der Waals surface area (Å²) < 4.78 is 14.0. The number of H-pyrrole nitrogens is 1. The third kappa shape index (κ3) is 2.05. The number of nitrogens with zero attached hydrogens (tertiary/aromatic N) is 3. The quantitative estimate of drug-likeness (QED) is 0.622. The van der Waals surface area contributed by atoms with Gasteiger partial charge in [-0.1, -0.05) is 0 Å². The number of nitrogens with two attached hydrogens (primary N) is 1. The molecule has 19 heavy (non-hydrogen) atoms. The molecule has 2 heterocycles. The Balaban J connectivity index is 2.02. The predicted molar refractivity (Wildman–Crippen MR) is 69.8 cm³/mol. The summed E-state index contributed by atoms with van der Waals surface area (Å²) >= 11 is 0. The summed E-state index contributed by atoms with van der Waals surface area (Å²) in [6.07, 6.45) is 2.99. The summed E-state index contributed by atoms with van der Waals surface area (Å²) in [7, 11) is 0. The molecule has 0 amide bonds. The third-order valence-electron chi connectivity index (χ3n) is 2.77. The topological polar surface area (TPSA) is 92.5 Å². The minimum absolute atomic E-state index is 0.307. The Labute approximate surface area is 107 Å². The van der Waals surface area contributed by atoms with Gasteiger partial charge in [0.05, 0.1) is 17.7 Å². The first-order valence-corrected chi connectivity index (χ1v) is 5.66. The second-order valence-corrected chi connectivity index (χ2v) is 4.01. The maximum Gasteiger partial charge on any atom is 0.150 e. The van der Waals surface area contributed by atoms with Crippen molar-refractivity contribution in [3.63, 3.8) is 0 Å². The molecule has 0 fully saturated rings. The van der Waals surface area contributed by atoms with Gasteiger partial charge in [0.2, 0.25) is 0 Å². The number of aromatic amines is 1. The molecule has 0 unspecified atom stereocenters. The van der Waals surface area contributed by atoms with Crippen molar-refractivity contribution in [3.8, 4) is 0 Å². The van der Waals surface area contributed by atoms with Gasteiger partial charge in [-0.05, 0) is 18.2 Å². The number of hydrogen-bond acceptors (Lipinski definition) is 5. The van der Waals surface area contributed by atoms with Crippen molar-refractivity contribution < 1.29 is 4.39 Å². The van der Waals surface area contributed by atoms with Gasteiger partial charge in [0.25, 0.3) is 0 Å². The van der Waals surface area contributed by atoms with E-state index in [0.717, 1.165) is 0 Å². The van der Waals surface area contributed by atoms with E-state index in [1.54, 1.807) is 18.3 Å². The summed E-state index contributed by atoms with van der Waals surface area (Å²) in [4.78, 5) is 8.14. The SMILES string of the molecule is Nc1cc(F)c(NCc2ncn[nH]2)c2ncccc12. The first-order valence-electron chi connectivity index (χ1n) is 5.66. The number of benzene rings is 1. The van der Waals surface area contributed by atoms with Gasteiger partial charge in [0.1, 0.15) is 12.2 Å². The molecule has 0 aliphatic rings. The average Bonchev–Trinajstić information content (AvgIpc) is 2.92. The Hall–Kier alpha value is -2.70. The summed E-state index contributed by atoms with van der Waals surface area (Å²) in [6, 6.07) is 4.85. The second-order valence-electron chi connectivity index (χ2n) is 4.01. The van der Waals surface area contributed by atoms with Gasteiger partial charge < -0.3 is 11.1 Å². The molecule has 0 aliphatic heterocycles. The number of rotatable bonds is 3. The zero-order valence-electron chi connectivity index (χ0n) is 9.89. The van der Waals surface area contributed by atoms with Crippen LogP contribution in [0.4, 0.5) is 15.8 Å². The Kier molecular flexibility index (Phi) is 2.71. The van der Waals surface area contributed by atoms with Crippen LogP contribution in [-0.2, 0) is 6.54 Å². The lowest BCUT2D eigenvalue weighted by molar-refractivity contribution is 0.632. The Morgan fingerprint density at radius 3 is 3.05 bits per heavy atom. The number of pyridine rings is 1. The van der Waals surface area contributed by atoms with Gasteiger partial charge in [0, 0.05) is 17.3 Å². The highest BCUT2D eigenvalue weighted by atomic mass is 19.1. The number of aromatic nitrogens is 4. The molecule has 96 valence electrons. The van der Waals surface area contributed by atoms with E-state index in [2.05, 4.69) is 25.5 Å². The van der Waals surface area contributed by atoms with Crippen molar-refractivity contribution in [3.05, 3.63) is 42.4 Å². The van der Waals surface area contributed by atoms with Gasteiger partial charge in [0.15, 0.2) is 5.82 Å². The molecule has 3 rings (SSSR count). The zero-order valence-corrected chi connectivity index (χ0v) is 9.89. The van der Waals surface area contributed by atoms with Gasteiger partial charge in [-0.2, -0.15) is 5.10 Å². The van der Waals surface area contributed by atoms with Crippen LogP contribution < -0.4 is 11.1 Å². The number of anilines is 2. The number of fused-ring (bicyclic) bond motifs is 1. The number of hydrogen-bond donors (Lipinski definition) is 3. The van der Waals surface area contributed by atoms with Gasteiger partial charge in [-0.3, -0.25) is 10.1 Å². The molecule has 0 bridgehead atoms. The van der Waals surface area contributed by atoms with E-state index in [9.17, 15) is 4.39 Å². The van der Waals surface area contributed by atoms with E-state index in [1.807, 2.05) is 0 Å². The second kappa shape index (κ2) is 4.52. The fourth-order valence-electron chi connectivity index (χ4n) is 1.89. The van der Waals surface area contributed by atoms with E-state index < -0.39 is 5.82 Å². The highest BCUT2D eigenvalue weighted by Gasteiger charge is 2.11. The molecular weight excluding hydrogens is 247 g/mol. The van der Waals surface area contributed by atoms with Crippen LogP contribution >= 0.6 is 0 Å². The number of nitrogen functional groups attached to an aromatic ring is 1. The lowest BCUT2D eigenvalue weighted by Crippen LogP contribution is -2.05. The van der Waals surface area contributed by atoms with E-state index >= 15 is 0 Å². The molecule has 6 nitrogen and oxygen atoms in total. The molecule has 0 aliphatic carbocycles. The average molecular weight is 258 g/mol. The van der Waals surface area contributed by atoms with Crippen LogP contribution in [0, 0.1) is 5.82 Å². The fraction of sp³-hybridized carbons (Fsp3) is 0.0833. The maximum absolute atomic E-state index is 14.0. The maximum atomic E-state index is 14.0. The minimum atomic E-state index is -0.441. The minimum Gasteiger partial charge on any atom is -0.398 e. The predicted octanol–water partition coefficient (Wildman–Crippen LogP) is 1.69. The van der Waals surface area contributed by atoms with Gasteiger partial charge >= 0.3 is 0 Å². The Morgan fingerprint density at radius 1 is 1.37 bits per heavy atom. The van der Waals surface area contributed by atoms with Crippen LogP contribution in [0.2, 0.25) is 0 Å². The molecule has 0 saturated carbocycles. The van der Waals surface area contributed by atoms with E-state index in [-0.39, 0.29) is 0 Å². The molecule has 0 spiro atoms. The molecule has 0 saturated heterocycles. The lowest BCUT2D eigenvalue weighted by atomic mass is 10.1.